The molecule has 0 saturated heterocycles. The monoisotopic (exact) mass is 577 g/mol. The minimum absolute atomic E-state index is 0.488. The molecule has 3 heterocycles. The number of allylic oxidation sites excluding steroid dienone is 1. The minimum Gasteiger partial charge on any atom is -0.309 e. The zero-order valence-electron chi connectivity index (χ0n) is 25.1. The van der Waals surface area contributed by atoms with E-state index >= 15 is 0 Å². The molecule has 0 aliphatic heterocycles. The summed E-state index contributed by atoms with van der Waals surface area (Å²) in [5.41, 5.74) is 13.4. The van der Waals surface area contributed by atoms with Crippen LogP contribution in [0.15, 0.2) is 146 Å². The molecule has 0 N–H and O–H groups in total. The summed E-state index contributed by atoms with van der Waals surface area (Å²) in [7, 11) is 0. The SMILES string of the molecule is CC1C=Cc2c(c3c(-c4ccc5c(c4)c4ccccc4n5-c4ccc(-c5ccccc5)cc4)cncc3n2-c2ccccc2)C1. The molecule has 8 aromatic rings. The Kier molecular flexibility index (Phi) is 5.85. The third-order valence-corrected chi connectivity index (χ3v) is 9.36. The van der Waals surface area contributed by atoms with Crippen LogP contribution in [0.5, 0.6) is 0 Å². The van der Waals surface area contributed by atoms with Crippen molar-refractivity contribution in [2.24, 2.45) is 5.92 Å². The number of rotatable bonds is 4. The molecule has 3 nitrogen and oxygen atoms in total. The highest BCUT2D eigenvalue weighted by Gasteiger charge is 2.24. The second-order valence-corrected chi connectivity index (χ2v) is 12.2. The van der Waals surface area contributed by atoms with Crippen LogP contribution < -0.4 is 0 Å². The van der Waals surface area contributed by atoms with Crippen molar-refractivity contribution in [3.63, 3.8) is 0 Å². The minimum atomic E-state index is 0.488. The van der Waals surface area contributed by atoms with Crippen LogP contribution >= 0.6 is 0 Å². The fourth-order valence-electron chi connectivity index (χ4n) is 7.28. The van der Waals surface area contributed by atoms with Crippen molar-refractivity contribution >= 4 is 38.8 Å². The molecule has 0 radical (unpaired) electrons. The van der Waals surface area contributed by atoms with Crippen LogP contribution in [0.2, 0.25) is 0 Å². The van der Waals surface area contributed by atoms with Crippen molar-refractivity contribution in [1.29, 1.82) is 0 Å². The average Bonchev–Trinajstić information content (AvgIpc) is 3.61. The number of hydrogen-bond acceptors (Lipinski definition) is 1. The van der Waals surface area contributed by atoms with Gasteiger partial charge in [0, 0.05) is 45.0 Å². The number of hydrogen-bond donors (Lipinski definition) is 0. The Morgan fingerprint density at radius 3 is 2.07 bits per heavy atom. The molecule has 0 spiro atoms. The lowest BCUT2D eigenvalue weighted by molar-refractivity contribution is 0.718. The standard InChI is InChI=1S/C42H31N3/c1-28-16-22-40-36(24-28)42-37(26-43-27-41(42)45(40)32-12-6-3-7-13-32)31-19-23-39-35(25-31)34-14-8-9-15-38(34)44(39)33-20-17-30(18-21-33)29-10-4-2-5-11-29/h2-23,25-28H,24H2,1H3. The third-order valence-electron chi connectivity index (χ3n) is 9.36. The van der Waals surface area contributed by atoms with Crippen molar-refractivity contribution in [2.75, 3.05) is 0 Å². The number of pyridine rings is 1. The van der Waals surface area contributed by atoms with E-state index in [1.165, 1.54) is 66.4 Å². The summed E-state index contributed by atoms with van der Waals surface area (Å²) in [5.74, 6) is 0.488. The molecule has 45 heavy (non-hydrogen) atoms. The van der Waals surface area contributed by atoms with E-state index in [1.807, 2.05) is 6.20 Å². The van der Waals surface area contributed by atoms with Crippen molar-refractivity contribution in [1.82, 2.24) is 14.1 Å². The maximum atomic E-state index is 4.82. The lowest BCUT2D eigenvalue weighted by atomic mass is 9.90. The predicted octanol–water partition coefficient (Wildman–Crippen LogP) is 10.7. The Morgan fingerprint density at radius 2 is 1.24 bits per heavy atom. The Morgan fingerprint density at radius 1 is 0.578 bits per heavy atom. The van der Waals surface area contributed by atoms with Crippen LogP contribution in [0.25, 0.3) is 72.4 Å². The van der Waals surface area contributed by atoms with Gasteiger partial charge in [-0.15, -0.1) is 0 Å². The molecule has 3 heteroatoms. The summed E-state index contributed by atoms with van der Waals surface area (Å²) < 4.78 is 4.77. The van der Waals surface area contributed by atoms with Gasteiger partial charge in [0.1, 0.15) is 0 Å². The zero-order valence-corrected chi connectivity index (χ0v) is 25.1. The average molecular weight is 578 g/mol. The topological polar surface area (TPSA) is 22.8 Å². The second-order valence-electron chi connectivity index (χ2n) is 12.2. The molecule has 0 fully saturated rings. The zero-order chi connectivity index (χ0) is 29.9. The van der Waals surface area contributed by atoms with Crippen molar-refractivity contribution < 1.29 is 0 Å². The van der Waals surface area contributed by atoms with E-state index in [-0.39, 0.29) is 0 Å². The molecular weight excluding hydrogens is 546 g/mol. The van der Waals surface area contributed by atoms with Gasteiger partial charge in [-0.05, 0) is 83.1 Å². The lowest BCUT2D eigenvalue weighted by Crippen LogP contribution is -2.05. The second kappa shape index (κ2) is 10.2. The van der Waals surface area contributed by atoms with E-state index in [1.54, 1.807) is 0 Å². The van der Waals surface area contributed by atoms with Gasteiger partial charge in [0.15, 0.2) is 0 Å². The van der Waals surface area contributed by atoms with Crippen LogP contribution in [0.3, 0.4) is 0 Å². The summed E-state index contributed by atoms with van der Waals surface area (Å²) in [5, 5.41) is 3.80. The van der Waals surface area contributed by atoms with Gasteiger partial charge < -0.3 is 9.13 Å². The van der Waals surface area contributed by atoms with Gasteiger partial charge in [0.2, 0.25) is 0 Å². The van der Waals surface area contributed by atoms with Crippen LogP contribution in [-0.4, -0.2) is 14.1 Å². The first-order valence-corrected chi connectivity index (χ1v) is 15.7. The molecule has 1 aliphatic rings. The highest BCUT2D eigenvalue weighted by atomic mass is 15.0. The fraction of sp³-hybridized carbons (Fsp3) is 0.0714. The van der Waals surface area contributed by atoms with Crippen molar-refractivity contribution in [2.45, 2.75) is 13.3 Å². The van der Waals surface area contributed by atoms with Crippen molar-refractivity contribution in [3.05, 3.63) is 157 Å². The van der Waals surface area contributed by atoms with Crippen LogP contribution in [-0.2, 0) is 6.42 Å². The van der Waals surface area contributed by atoms with Gasteiger partial charge >= 0.3 is 0 Å². The maximum Gasteiger partial charge on any atom is 0.0727 e. The quantitative estimate of drug-likeness (QED) is 0.204. The molecule has 9 rings (SSSR count). The van der Waals surface area contributed by atoms with E-state index in [2.05, 4.69) is 162 Å². The summed E-state index contributed by atoms with van der Waals surface area (Å²) in [4.78, 5) is 4.82. The van der Waals surface area contributed by atoms with E-state index < -0.39 is 0 Å². The van der Waals surface area contributed by atoms with E-state index in [0.29, 0.717) is 5.92 Å². The number of fused-ring (bicyclic) bond motifs is 6. The van der Waals surface area contributed by atoms with E-state index in [4.69, 9.17) is 4.98 Å². The first-order chi connectivity index (χ1) is 22.2. The summed E-state index contributed by atoms with van der Waals surface area (Å²) in [6.45, 7) is 2.30. The van der Waals surface area contributed by atoms with Crippen LogP contribution in [0.1, 0.15) is 18.2 Å². The Labute approximate surface area is 262 Å². The number of para-hydroxylation sites is 2. The fourth-order valence-corrected chi connectivity index (χ4v) is 7.28. The molecule has 1 unspecified atom stereocenters. The lowest BCUT2D eigenvalue weighted by Gasteiger charge is -2.15. The first kappa shape index (κ1) is 25.8. The highest BCUT2D eigenvalue weighted by Crippen LogP contribution is 2.42. The predicted molar refractivity (Wildman–Crippen MR) is 188 cm³/mol. The smallest absolute Gasteiger partial charge is 0.0727 e. The molecule has 1 aliphatic carbocycles. The molecule has 0 saturated carbocycles. The van der Waals surface area contributed by atoms with Gasteiger partial charge in [-0.1, -0.05) is 97.9 Å². The molecule has 3 aromatic heterocycles. The van der Waals surface area contributed by atoms with E-state index in [9.17, 15) is 0 Å². The number of nitrogens with zero attached hydrogens (tertiary/aromatic N) is 3. The van der Waals surface area contributed by atoms with Crippen LogP contribution in [0.4, 0.5) is 0 Å². The Balaban J connectivity index is 1.25. The maximum absolute atomic E-state index is 4.82. The molecule has 1 atom stereocenters. The summed E-state index contributed by atoms with van der Waals surface area (Å²) >= 11 is 0. The summed E-state index contributed by atoms with van der Waals surface area (Å²) in [6, 6.07) is 45.8. The molecule has 0 bridgehead atoms. The molecule has 0 amide bonds. The molecular formula is C42H31N3. The van der Waals surface area contributed by atoms with Gasteiger partial charge in [-0.3, -0.25) is 4.98 Å². The number of benzene rings is 5. The first-order valence-electron chi connectivity index (χ1n) is 15.7. The molecule has 214 valence electrons. The van der Waals surface area contributed by atoms with E-state index in [0.717, 1.165) is 17.6 Å². The highest BCUT2D eigenvalue weighted by molar-refractivity contribution is 6.11. The Hall–Kier alpha value is -5.67. The van der Waals surface area contributed by atoms with Crippen LogP contribution in [0, 0.1) is 5.92 Å². The van der Waals surface area contributed by atoms with Crippen molar-refractivity contribution in [3.8, 4) is 33.6 Å². The number of aromatic nitrogens is 3. The normalized spacial score (nSPS) is 14.4. The van der Waals surface area contributed by atoms with Gasteiger partial charge in [-0.25, -0.2) is 0 Å². The van der Waals surface area contributed by atoms with Gasteiger partial charge in [-0.2, -0.15) is 0 Å². The summed E-state index contributed by atoms with van der Waals surface area (Å²) in [6.07, 6.45) is 9.75. The Bertz CT molecular complexity index is 2390. The molecule has 5 aromatic carbocycles. The van der Waals surface area contributed by atoms with Gasteiger partial charge in [0.05, 0.1) is 22.7 Å². The van der Waals surface area contributed by atoms with Gasteiger partial charge in [0.25, 0.3) is 0 Å². The largest absolute Gasteiger partial charge is 0.309 e. The third kappa shape index (κ3) is 4.08.